The lowest BCUT2D eigenvalue weighted by molar-refractivity contribution is -0.384. The Morgan fingerprint density at radius 3 is 2.38 bits per heavy atom. The largest absolute Gasteiger partial charge is 0.493 e. The Labute approximate surface area is 198 Å². The van der Waals surface area contributed by atoms with E-state index in [1.165, 1.54) is 17.7 Å². The predicted octanol–water partition coefficient (Wildman–Crippen LogP) is 5.25. The van der Waals surface area contributed by atoms with Crippen LogP contribution in [0.15, 0.2) is 53.7 Å². The molecule has 0 fully saturated rings. The van der Waals surface area contributed by atoms with Crippen molar-refractivity contribution < 1.29 is 19.2 Å². The maximum absolute atomic E-state index is 13.4. The fourth-order valence-corrected chi connectivity index (χ4v) is 5.53. The number of hydrogen-bond acceptors (Lipinski definition) is 6. The molecule has 2 aromatic rings. The van der Waals surface area contributed by atoms with Crippen molar-refractivity contribution in [3.63, 3.8) is 0 Å². The molecule has 7 nitrogen and oxygen atoms in total. The van der Waals surface area contributed by atoms with Gasteiger partial charge in [-0.2, -0.15) is 0 Å². The summed E-state index contributed by atoms with van der Waals surface area (Å²) in [5.74, 6) is 1.26. The van der Waals surface area contributed by atoms with E-state index in [4.69, 9.17) is 9.47 Å². The number of nitro groups is 1. The molecule has 5 rings (SSSR count). The molecule has 0 N–H and O–H groups in total. The van der Waals surface area contributed by atoms with Crippen molar-refractivity contribution in [3.8, 4) is 11.5 Å². The van der Waals surface area contributed by atoms with E-state index >= 15 is 0 Å². The molecule has 0 amide bonds. The van der Waals surface area contributed by atoms with Crippen LogP contribution < -0.4 is 9.47 Å². The summed E-state index contributed by atoms with van der Waals surface area (Å²) in [5, 5.41) is 11.2. The van der Waals surface area contributed by atoms with E-state index in [0.717, 1.165) is 47.5 Å². The van der Waals surface area contributed by atoms with Gasteiger partial charge in [0.15, 0.2) is 17.3 Å². The number of nitrogens with zero attached hydrogens (tertiary/aromatic N) is 2. The number of benzene rings is 2. The van der Waals surface area contributed by atoms with Crippen molar-refractivity contribution in [2.75, 3.05) is 20.8 Å². The third kappa shape index (κ3) is 3.56. The first kappa shape index (κ1) is 22.2. The van der Waals surface area contributed by atoms with Crippen LogP contribution >= 0.6 is 0 Å². The third-order valence-electron chi connectivity index (χ3n) is 7.10. The van der Waals surface area contributed by atoms with Crippen LogP contribution in [0.3, 0.4) is 0 Å². The molecule has 1 aliphatic carbocycles. The van der Waals surface area contributed by atoms with E-state index in [-0.39, 0.29) is 22.8 Å². The maximum atomic E-state index is 13.4. The monoisotopic (exact) mass is 460 g/mol. The molecule has 2 aliphatic heterocycles. The van der Waals surface area contributed by atoms with Gasteiger partial charge < -0.3 is 14.4 Å². The van der Waals surface area contributed by atoms with Crippen molar-refractivity contribution in [1.29, 1.82) is 0 Å². The Balaban J connectivity index is 1.69. The van der Waals surface area contributed by atoms with Crippen molar-refractivity contribution in [1.82, 2.24) is 4.90 Å². The number of fused-ring (bicyclic) bond motifs is 4. The molecule has 0 radical (unpaired) electrons. The molecule has 0 saturated carbocycles. The van der Waals surface area contributed by atoms with Crippen molar-refractivity contribution >= 4 is 17.2 Å². The molecule has 2 aromatic carbocycles. The zero-order valence-electron chi connectivity index (χ0n) is 19.9. The minimum atomic E-state index is -0.402. The second-order valence-corrected chi connectivity index (χ2v) is 9.95. The van der Waals surface area contributed by atoms with Crippen molar-refractivity contribution in [2.24, 2.45) is 5.41 Å². The average Bonchev–Trinajstić information content (AvgIpc) is 2.81. The van der Waals surface area contributed by atoms with Gasteiger partial charge >= 0.3 is 0 Å². The van der Waals surface area contributed by atoms with Gasteiger partial charge in [-0.25, -0.2) is 0 Å². The quantitative estimate of drug-likeness (QED) is 0.458. The van der Waals surface area contributed by atoms with E-state index in [9.17, 15) is 14.9 Å². The second-order valence-electron chi connectivity index (χ2n) is 9.95. The Bertz CT molecular complexity index is 1260. The molecular formula is C27H28N2O5. The van der Waals surface area contributed by atoms with Crippen LogP contribution in [-0.2, 0) is 11.2 Å². The molecule has 1 atom stereocenters. The number of ketones is 1. The summed E-state index contributed by atoms with van der Waals surface area (Å²) in [4.78, 5) is 26.5. The van der Waals surface area contributed by atoms with Crippen LogP contribution in [0.4, 0.5) is 5.69 Å². The number of rotatable bonds is 4. The van der Waals surface area contributed by atoms with Gasteiger partial charge in [0, 0.05) is 53.5 Å². The predicted molar refractivity (Wildman–Crippen MR) is 129 cm³/mol. The summed E-state index contributed by atoms with van der Waals surface area (Å²) in [7, 11) is 3.26. The van der Waals surface area contributed by atoms with Gasteiger partial charge in [0.1, 0.15) is 0 Å². The van der Waals surface area contributed by atoms with Crippen molar-refractivity contribution in [3.05, 3.63) is 80.5 Å². The Hall–Kier alpha value is -3.61. The number of hydrogen-bond donors (Lipinski definition) is 0. The lowest BCUT2D eigenvalue weighted by Crippen LogP contribution is -2.40. The summed E-state index contributed by atoms with van der Waals surface area (Å²) in [6, 6.07) is 10.6. The highest BCUT2D eigenvalue weighted by Gasteiger charge is 2.42. The zero-order valence-corrected chi connectivity index (χ0v) is 19.9. The van der Waals surface area contributed by atoms with Crippen LogP contribution in [0.1, 0.15) is 49.3 Å². The highest BCUT2D eigenvalue weighted by Crippen LogP contribution is 2.51. The fraction of sp³-hybridized carbons (Fsp3) is 0.370. The molecule has 2 heterocycles. The van der Waals surface area contributed by atoms with Gasteiger partial charge in [-0.15, -0.1) is 0 Å². The zero-order chi connectivity index (χ0) is 24.2. The lowest BCUT2D eigenvalue weighted by atomic mass is 9.69. The number of allylic oxidation sites excluding steroid dienone is 3. The first-order chi connectivity index (χ1) is 16.2. The second kappa shape index (κ2) is 8.01. The first-order valence-corrected chi connectivity index (χ1v) is 11.5. The number of carbonyl (C=O) groups is 1. The number of non-ortho nitro benzene ring substituents is 1. The lowest BCUT2D eigenvalue weighted by Gasteiger charge is -2.46. The minimum Gasteiger partial charge on any atom is -0.493 e. The fourth-order valence-electron chi connectivity index (χ4n) is 5.53. The van der Waals surface area contributed by atoms with E-state index in [0.29, 0.717) is 17.9 Å². The summed E-state index contributed by atoms with van der Waals surface area (Å²) in [6.07, 6.45) is 4.27. The van der Waals surface area contributed by atoms with Gasteiger partial charge in [0.2, 0.25) is 0 Å². The number of Topliss-reactive ketones (excluding diaryl/α,β-unsaturated/α-hetero) is 1. The maximum Gasteiger partial charge on any atom is 0.269 e. The SMILES string of the molecule is COc1cc2c(cc1OC)C1=C[C@H](c3ccc([N+](=O)[O-])cc3)C3=C(CC(C)(C)CC3=O)N1CC2. The van der Waals surface area contributed by atoms with Crippen LogP contribution in [-0.4, -0.2) is 36.4 Å². The van der Waals surface area contributed by atoms with E-state index in [1.807, 2.05) is 12.1 Å². The Morgan fingerprint density at radius 1 is 1.06 bits per heavy atom. The Morgan fingerprint density at radius 2 is 1.74 bits per heavy atom. The van der Waals surface area contributed by atoms with Crippen LogP contribution in [0.25, 0.3) is 5.70 Å². The highest BCUT2D eigenvalue weighted by molar-refractivity contribution is 6.01. The summed E-state index contributed by atoms with van der Waals surface area (Å²) in [6.45, 7) is 5.06. The average molecular weight is 461 g/mol. The molecule has 3 aliphatic rings. The standard InChI is InChI=1S/C27H28N2O5/c1-27(2)14-22-26(23(30)15-27)20(16-5-7-18(8-6-16)29(31)32)12-21-19-13-25(34-4)24(33-3)11-17(19)9-10-28(21)22/h5-8,11-13,20H,9-10,14-15H2,1-4H3/t20-/m1/s1. The number of carbonyl (C=O) groups excluding carboxylic acids is 1. The summed E-state index contributed by atoms with van der Waals surface area (Å²) >= 11 is 0. The highest BCUT2D eigenvalue weighted by atomic mass is 16.6. The smallest absolute Gasteiger partial charge is 0.269 e. The molecular weight excluding hydrogens is 432 g/mol. The van der Waals surface area contributed by atoms with Gasteiger partial charge in [0.05, 0.1) is 19.1 Å². The molecule has 0 unspecified atom stereocenters. The molecule has 176 valence electrons. The molecule has 34 heavy (non-hydrogen) atoms. The van der Waals surface area contributed by atoms with Crippen molar-refractivity contribution in [2.45, 2.75) is 39.0 Å². The number of ether oxygens (including phenoxy) is 2. The van der Waals surface area contributed by atoms with Crippen LogP contribution in [0, 0.1) is 15.5 Å². The van der Waals surface area contributed by atoms with Gasteiger partial charge in [0.25, 0.3) is 5.69 Å². The molecule has 7 heteroatoms. The number of nitro benzene ring substituents is 1. The topological polar surface area (TPSA) is 81.9 Å². The van der Waals surface area contributed by atoms with Gasteiger partial charge in [-0.1, -0.05) is 26.0 Å². The first-order valence-electron chi connectivity index (χ1n) is 11.5. The van der Waals surface area contributed by atoms with Gasteiger partial charge in [-0.05, 0) is 47.6 Å². The number of methoxy groups -OCH3 is 2. The molecule has 0 aromatic heterocycles. The molecule has 0 spiro atoms. The van der Waals surface area contributed by atoms with E-state index in [1.54, 1.807) is 26.4 Å². The molecule has 0 saturated heterocycles. The Kier molecular flexibility index (Phi) is 5.23. The summed E-state index contributed by atoms with van der Waals surface area (Å²) < 4.78 is 11.1. The normalized spacial score (nSPS) is 20.7. The minimum absolute atomic E-state index is 0.0407. The van der Waals surface area contributed by atoms with Gasteiger partial charge in [-0.3, -0.25) is 14.9 Å². The van der Waals surface area contributed by atoms with Crippen LogP contribution in [0.5, 0.6) is 11.5 Å². The van der Waals surface area contributed by atoms with E-state index < -0.39 is 4.92 Å². The summed E-state index contributed by atoms with van der Waals surface area (Å²) in [5.41, 5.74) is 5.98. The van der Waals surface area contributed by atoms with Crippen LogP contribution in [0.2, 0.25) is 0 Å². The molecule has 0 bridgehead atoms. The third-order valence-corrected chi connectivity index (χ3v) is 7.10. The van der Waals surface area contributed by atoms with E-state index in [2.05, 4.69) is 24.8 Å².